The number of hydrogen-bond acceptors (Lipinski definition) is 8. The zero-order valence-electron chi connectivity index (χ0n) is 31.9. The van der Waals surface area contributed by atoms with Crippen molar-refractivity contribution in [1.82, 2.24) is 15.5 Å². The van der Waals surface area contributed by atoms with Crippen LogP contribution in [0.2, 0.25) is 0 Å². The fourth-order valence-electron chi connectivity index (χ4n) is 11.4. The highest BCUT2D eigenvalue weighted by Gasteiger charge is 2.71. The van der Waals surface area contributed by atoms with Crippen LogP contribution in [-0.2, 0) is 25.7 Å². The summed E-state index contributed by atoms with van der Waals surface area (Å²) in [5.74, 6) is -2.50. The lowest BCUT2D eigenvalue weighted by Crippen LogP contribution is -2.66. The first-order valence-corrected chi connectivity index (χ1v) is 20.5. The van der Waals surface area contributed by atoms with Crippen molar-refractivity contribution < 1.29 is 43.3 Å². The Morgan fingerprint density at radius 1 is 1.05 bits per heavy atom. The van der Waals surface area contributed by atoms with Crippen LogP contribution < -0.4 is 15.4 Å². The van der Waals surface area contributed by atoms with Crippen LogP contribution in [0.4, 0.5) is 4.39 Å². The number of hydrogen-bond donors (Lipinski definition) is 4. The molecule has 1 unspecified atom stereocenters. The summed E-state index contributed by atoms with van der Waals surface area (Å²) in [7, 11) is 0. The number of fused-ring (bicyclic) bond motifs is 6. The molecule has 0 bridgehead atoms. The summed E-state index contributed by atoms with van der Waals surface area (Å²) in [4.78, 5) is 65.5. The molecule has 4 N–H and O–H groups in total. The SMILES string of the molecule is C[C@@H]1C[C@H]2[C@H](C[C@H](O)[C@@]3(F)[C@H]2CCC2=CC(=O)C=C[C@@]23C)[C@@]1(O)C(=O)NCCCCCCCCOc1cccc2c1CN(C1CC3(CC3)C(=O)NC1=O)C2=O. The Kier molecular flexibility index (Phi) is 9.63. The van der Waals surface area contributed by atoms with Crippen molar-refractivity contribution in [3.8, 4) is 5.75 Å². The van der Waals surface area contributed by atoms with Crippen LogP contribution in [0.1, 0.15) is 113 Å². The molecule has 1 aromatic carbocycles. The van der Waals surface area contributed by atoms with E-state index >= 15 is 4.39 Å². The van der Waals surface area contributed by atoms with Gasteiger partial charge in [-0.25, -0.2) is 4.39 Å². The molecule has 5 fully saturated rings. The van der Waals surface area contributed by atoms with Crippen LogP contribution in [0.5, 0.6) is 5.75 Å². The van der Waals surface area contributed by atoms with Gasteiger partial charge in [0, 0.05) is 34.9 Å². The molecular weight excluding hydrogens is 705 g/mol. The second-order valence-electron chi connectivity index (χ2n) is 17.8. The van der Waals surface area contributed by atoms with Gasteiger partial charge in [-0.3, -0.25) is 29.3 Å². The first-order valence-electron chi connectivity index (χ1n) is 20.5. The standard InChI is InChI=1S/C43H54FN3O8/c1-25-20-29-31-13-12-26-21-27(48)14-15-40(26,2)43(31,44)35(49)22-32(29)42(25,54)39(53)45-18-7-5-3-4-6-8-19-55-34-11-9-10-28-30(34)24-47(37(28)51)33-23-41(16-17-41)38(52)46-36(33)50/h9-11,14-15,21,25,29,31-33,35,49,54H,3-8,12-13,16-20,22-24H2,1-2H3,(H,45,53)(H,46,50,52)/t25-,29-,31+,32+,33?,35+,40+,42-,43+/m1/s1. The van der Waals surface area contributed by atoms with Gasteiger partial charge in [-0.2, -0.15) is 0 Å². The van der Waals surface area contributed by atoms with E-state index in [9.17, 15) is 34.2 Å². The maximum atomic E-state index is 17.3. The van der Waals surface area contributed by atoms with Crippen molar-refractivity contribution in [2.45, 2.75) is 127 Å². The molecule has 0 aromatic heterocycles. The number of aliphatic hydroxyl groups excluding tert-OH is 1. The molecule has 4 saturated carbocycles. The van der Waals surface area contributed by atoms with Gasteiger partial charge in [0.1, 0.15) is 17.4 Å². The van der Waals surface area contributed by atoms with E-state index in [4.69, 9.17) is 4.74 Å². The third-order valence-corrected chi connectivity index (χ3v) is 14.8. The Morgan fingerprint density at radius 3 is 2.56 bits per heavy atom. The maximum Gasteiger partial charge on any atom is 0.255 e. The highest BCUT2D eigenvalue weighted by molar-refractivity contribution is 6.08. The molecular formula is C43H54FN3O8. The number of aliphatic hydroxyl groups is 2. The van der Waals surface area contributed by atoms with Gasteiger partial charge in [0.15, 0.2) is 11.5 Å². The molecule has 296 valence electrons. The number of nitrogens with zero attached hydrogens (tertiary/aromatic N) is 1. The molecule has 12 heteroatoms. The first-order chi connectivity index (χ1) is 26.2. The molecule has 0 radical (unpaired) electrons. The van der Waals surface area contributed by atoms with E-state index in [1.807, 2.05) is 13.0 Å². The Balaban J connectivity index is 0.760. The van der Waals surface area contributed by atoms with Crippen LogP contribution in [-0.4, -0.2) is 81.1 Å². The predicted molar refractivity (Wildman–Crippen MR) is 199 cm³/mol. The van der Waals surface area contributed by atoms with Crippen molar-refractivity contribution in [3.63, 3.8) is 0 Å². The molecule has 55 heavy (non-hydrogen) atoms. The smallest absolute Gasteiger partial charge is 0.255 e. The zero-order chi connectivity index (χ0) is 38.9. The molecule has 1 spiro atoms. The Bertz CT molecular complexity index is 1860. The topological polar surface area (TPSA) is 162 Å². The van der Waals surface area contributed by atoms with Gasteiger partial charge >= 0.3 is 0 Å². The average Bonchev–Trinajstić information content (AvgIpc) is 3.80. The summed E-state index contributed by atoms with van der Waals surface area (Å²) >= 11 is 0. The normalized spacial score (nSPS) is 36.8. The number of ketones is 1. The van der Waals surface area contributed by atoms with Crippen molar-refractivity contribution in [3.05, 3.63) is 53.1 Å². The van der Waals surface area contributed by atoms with E-state index in [0.717, 1.165) is 56.9 Å². The van der Waals surface area contributed by atoms with Crippen LogP contribution in [0.3, 0.4) is 0 Å². The minimum absolute atomic E-state index is 0.00739. The van der Waals surface area contributed by atoms with Gasteiger partial charge in [0.2, 0.25) is 11.8 Å². The Hall–Kier alpha value is -3.90. The minimum atomic E-state index is -1.98. The fourth-order valence-corrected chi connectivity index (χ4v) is 11.4. The van der Waals surface area contributed by atoms with Gasteiger partial charge in [0.05, 0.1) is 24.7 Å². The maximum absolute atomic E-state index is 17.3. The Labute approximate surface area is 321 Å². The number of ether oxygens (including phenoxy) is 1. The predicted octanol–water partition coefficient (Wildman–Crippen LogP) is 4.63. The second-order valence-corrected chi connectivity index (χ2v) is 17.8. The monoisotopic (exact) mass is 759 g/mol. The molecule has 2 aliphatic heterocycles. The Morgan fingerprint density at radius 2 is 1.80 bits per heavy atom. The second kappa shape index (κ2) is 13.9. The molecule has 4 amide bonds. The summed E-state index contributed by atoms with van der Waals surface area (Å²) < 4.78 is 23.4. The number of piperidine rings is 1. The number of unbranched alkanes of at least 4 members (excludes halogenated alkanes) is 5. The number of allylic oxidation sites excluding steroid dienone is 4. The van der Waals surface area contributed by atoms with Gasteiger partial charge in [-0.1, -0.05) is 50.3 Å². The number of alkyl halides is 1. The van der Waals surface area contributed by atoms with E-state index in [2.05, 4.69) is 10.6 Å². The van der Waals surface area contributed by atoms with E-state index in [1.54, 1.807) is 30.0 Å². The summed E-state index contributed by atoms with van der Waals surface area (Å²) in [5, 5.41) is 28.8. The fraction of sp³-hybridized carbons (Fsp3) is 0.651. The lowest BCUT2D eigenvalue weighted by molar-refractivity contribution is -0.191. The summed E-state index contributed by atoms with van der Waals surface area (Å²) in [6, 6.07) is 4.74. The first kappa shape index (κ1) is 38.0. The van der Waals surface area contributed by atoms with Gasteiger partial charge in [-0.05, 0) is 101 Å². The zero-order valence-corrected chi connectivity index (χ0v) is 31.9. The molecule has 8 rings (SSSR count). The van der Waals surface area contributed by atoms with Crippen molar-refractivity contribution in [2.75, 3.05) is 13.2 Å². The molecule has 9 atom stereocenters. The number of amides is 4. The van der Waals surface area contributed by atoms with Crippen molar-refractivity contribution in [1.29, 1.82) is 0 Å². The summed E-state index contributed by atoms with van der Waals surface area (Å²) in [5.41, 5.74) is -3.24. The minimum Gasteiger partial charge on any atom is -0.493 e. The lowest BCUT2D eigenvalue weighted by atomic mass is 9.48. The van der Waals surface area contributed by atoms with Crippen LogP contribution in [0.15, 0.2) is 42.0 Å². The lowest BCUT2D eigenvalue weighted by Gasteiger charge is -2.59. The van der Waals surface area contributed by atoms with Crippen molar-refractivity contribution in [2.24, 2.45) is 34.5 Å². The van der Waals surface area contributed by atoms with E-state index < -0.39 is 57.9 Å². The molecule has 1 saturated heterocycles. The van der Waals surface area contributed by atoms with E-state index in [-0.39, 0.29) is 42.4 Å². The number of rotatable bonds is 12. The number of nitrogens with one attached hydrogen (secondary N) is 2. The van der Waals surface area contributed by atoms with Crippen molar-refractivity contribution >= 4 is 29.4 Å². The van der Waals surface area contributed by atoms with Crippen LogP contribution >= 0.6 is 0 Å². The molecule has 1 aromatic rings. The van der Waals surface area contributed by atoms with E-state index in [0.29, 0.717) is 55.7 Å². The average molecular weight is 760 g/mol. The largest absolute Gasteiger partial charge is 0.493 e. The van der Waals surface area contributed by atoms with Crippen LogP contribution in [0.25, 0.3) is 0 Å². The summed E-state index contributed by atoms with van der Waals surface area (Å²) in [6.45, 7) is 4.82. The van der Waals surface area contributed by atoms with E-state index in [1.165, 1.54) is 12.2 Å². The number of benzene rings is 1. The molecule has 7 aliphatic rings. The highest BCUT2D eigenvalue weighted by atomic mass is 19.1. The number of carbonyl (C=O) groups excluding carboxylic acids is 5. The summed E-state index contributed by atoms with van der Waals surface area (Å²) in [6.07, 6.45) is 11.9. The van der Waals surface area contributed by atoms with Gasteiger partial charge in [0.25, 0.3) is 11.8 Å². The quantitative estimate of drug-likeness (QED) is 0.177. The number of carbonyl (C=O) groups is 5. The van der Waals surface area contributed by atoms with Gasteiger partial charge < -0.3 is 25.2 Å². The van der Waals surface area contributed by atoms with Gasteiger partial charge in [-0.15, -0.1) is 0 Å². The third-order valence-electron chi connectivity index (χ3n) is 14.8. The highest BCUT2D eigenvalue weighted by Crippen LogP contribution is 2.66. The molecule has 2 heterocycles. The third kappa shape index (κ3) is 5.99. The van der Waals surface area contributed by atoms with Crippen LogP contribution in [0, 0.1) is 34.5 Å². The number of imide groups is 1. The molecule has 5 aliphatic carbocycles. The molecule has 11 nitrogen and oxygen atoms in total. The number of halogens is 1.